The Hall–Kier alpha value is -3.56. The molecule has 2 aromatic carbocycles. The van der Waals surface area contributed by atoms with E-state index >= 15 is 0 Å². The summed E-state index contributed by atoms with van der Waals surface area (Å²) in [4.78, 5) is 22.1. The zero-order chi connectivity index (χ0) is 17.1. The molecule has 9 nitrogen and oxygen atoms in total. The molecule has 24 heavy (non-hydrogen) atoms. The highest BCUT2D eigenvalue weighted by atomic mass is 19.1. The molecule has 0 fully saturated rings. The molecule has 1 amide bonds. The van der Waals surface area contributed by atoms with Crippen molar-refractivity contribution < 1.29 is 23.5 Å². The third-order valence-corrected chi connectivity index (χ3v) is 3.04. The molecule has 0 aliphatic heterocycles. The molecule has 3 aromatic rings. The molecule has 0 aliphatic rings. The predicted octanol–water partition coefficient (Wildman–Crippen LogP) is 2.29. The summed E-state index contributed by atoms with van der Waals surface area (Å²) in [5, 5.41) is 20.7. The van der Waals surface area contributed by atoms with E-state index in [0.29, 0.717) is 16.7 Å². The van der Waals surface area contributed by atoms with Gasteiger partial charge in [0.25, 0.3) is 5.91 Å². The minimum absolute atomic E-state index is 0.337. The summed E-state index contributed by atoms with van der Waals surface area (Å²) in [6, 6.07) is 7.60. The molecule has 1 N–H and O–H groups in total. The van der Waals surface area contributed by atoms with Crippen molar-refractivity contribution in [3.8, 4) is 5.75 Å². The number of carbonyl (C=O) groups excluding carboxylic acids is 1. The van der Waals surface area contributed by atoms with Crippen LogP contribution in [0.25, 0.3) is 11.0 Å². The summed E-state index contributed by atoms with van der Waals surface area (Å²) in [5.74, 6) is -1.66. The Labute approximate surface area is 133 Å². The molecule has 10 heteroatoms. The van der Waals surface area contributed by atoms with Crippen LogP contribution >= 0.6 is 0 Å². The highest BCUT2D eigenvalue weighted by molar-refractivity contribution is 5.99. The molecule has 0 spiro atoms. The van der Waals surface area contributed by atoms with E-state index in [1.165, 1.54) is 0 Å². The zero-order valence-corrected chi connectivity index (χ0v) is 11.9. The average Bonchev–Trinajstić information content (AvgIpc) is 3.02. The van der Waals surface area contributed by atoms with Crippen molar-refractivity contribution in [2.45, 2.75) is 0 Å². The molecule has 1 heterocycles. The van der Waals surface area contributed by atoms with E-state index in [4.69, 9.17) is 4.74 Å². The molecule has 0 unspecified atom stereocenters. The number of nitro groups is 1. The smallest absolute Gasteiger partial charge is 0.311 e. The Balaban J connectivity index is 1.71. The van der Waals surface area contributed by atoms with E-state index in [-0.39, 0.29) is 5.75 Å². The van der Waals surface area contributed by atoms with Gasteiger partial charge in [-0.2, -0.15) is 0 Å². The maximum atomic E-state index is 13.2. The van der Waals surface area contributed by atoms with Crippen LogP contribution in [0.3, 0.4) is 0 Å². The molecule has 0 bridgehead atoms. The second kappa shape index (κ2) is 6.28. The third kappa shape index (κ3) is 3.11. The summed E-state index contributed by atoms with van der Waals surface area (Å²) < 4.78 is 22.8. The zero-order valence-electron chi connectivity index (χ0n) is 11.9. The van der Waals surface area contributed by atoms with Gasteiger partial charge in [0.1, 0.15) is 11.3 Å². The number of ether oxygens (including phenoxy) is 1. The van der Waals surface area contributed by atoms with E-state index in [1.807, 2.05) is 0 Å². The molecule has 1 aromatic heterocycles. The first-order valence-corrected chi connectivity index (χ1v) is 6.62. The predicted molar refractivity (Wildman–Crippen MR) is 79.0 cm³/mol. The van der Waals surface area contributed by atoms with Crippen molar-refractivity contribution in [1.29, 1.82) is 0 Å². The van der Waals surface area contributed by atoms with Gasteiger partial charge < -0.3 is 10.1 Å². The third-order valence-electron chi connectivity index (χ3n) is 3.04. The lowest BCUT2D eigenvalue weighted by Gasteiger charge is -2.08. The van der Waals surface area contributed by atoms with Crippen LogP contribution in [0.4, 0.5) is 15.8 Å². The number of benzene rings is 2. The molecule has 0 radical (unpaired) electrons. The van der Waals surface area contributed by atoms with Gasteiger partial charge in [0, 0.05) is 12.1 Å². The average molecular weight is 332 g/mol. The molecule has 122 valence electrons. The van der Waals surface area contributed by atoms with Crippen LogP contribution < -0.4 is 10.1 Å². The van der Waals surface area contributed by atoms with Gasteiger partial charge in [-0.1, -0.05) is 6.07 Å². The van der Waals surface area contributed by atoms with Gasteiger partial charge in [-0.05, 0) is 28.5 Å². The first-order valence-electron chi connectivity index (χ1n) is 6.62. The Bertz CT molecular complexity index is 926. The number of hydrogen-bond acceptors (Lipinski definition) is 7. The SMILES string of the molecule is O=C(COc1cc(F)ccc1[N+](=O)[O-])Nc1cccc2nonc12. The fraction of sp³-hybridized carbons (Fsp3) is 0.0714. The first kappa shape index (κ1) is 15.3. The van der Waals surface area contributed by atoms with Crippen LogP contribution in [0.1, 0.15) is 0 Å². The van der Waals surface area contributed by atoms with Crippen molar-refractivity contribution >= 4 is 28.3 Å². The lowest BCUT2D eigenvalue weighted by molar-refractivity contribution is -0.385. The summed E-state index contributed by atoms with van der Waals surface area (Å²) in [6.07, 6.45) is 0. The molecular formula is C14H9FN4O5. The van der Waals surface area contributed by atoms with E-state index in [2.05, 4.69) is 20.3 Å². The number of fused-ring (bicyclic) bond motifs is 1. The number of aromatic nitrogens is 2. The van der Waals surface area contributed by atoms with Gasteiger partial charge in [0.05, 0.1) is 10.6 Å². The lowest BCUT2D eigenvalue weighted by atomic mass is 10.2. The van der Waals surface area contributed by atoms with Crippen LogP contribution in [-0.4, -0.2) is 27.8 Å². The van der Waals surface area contributed by atoms with Crippen LogP contribution in [-0.2, 0) is 4.79 Å². The number of nitro benzene ring substituents is 1. The first-order chi connectivity index (χ1) is 11.5. The molecule has 0 atom stereocenters. The lowest BCUT2D eigenvalue weighted by Crippen LogP contribution is -2.20. The summed E-state index contributed by atoms with van der Waals surface area (Å²) in [7, 11) is 0. The van der Waals surface area contributed by atoms with E-state index < -0.39 is 28.9 Å². The topological polar surface area (TPSA) is 120 Å². The minimum atomic E-state index is -0.728. The van der Waals surface area contributed by atoms with Gasteiger partial charge in [0.2, 0.25) is 5.75 Å². The maximum absolute atomic E-state index is 13.2. The van der Waals surface area contributed by atoms with E-state index in [1.54, 1.807) is 18.2 Å². The molecule has 0 saturated carbocycles. The van der Waals surface area contributed by atoms with Crippen molar-refractivity contribution in [2.75, 3.05) is 11.9 Å². The van der Waals surface area contributed by atoms with Crippen LogP contribution in [0, 0.1) is 15.9 Å². The van der Waals surface area contributed by atoms with Gasteiger partial charge >= 0.3 is 5.69 Å². The van der Waals surface area contributed by atoms with Gasteiger partial charge in [-0.3, -0.25) is 14.9 Å². The van der Waals surface area contributed by atoms with Crippen molar-refractivity contribution in [2.24, 2.45) is 0 Å². The largest absolute Gasteiger partial charge is 0.477 e. The van der Waals surface area contributed by atoms with Gasteiger partial charge in [-0.15, -0.1) is 0 Å². The van der Waals surface area contributed by atoms with Gasteiger partial charge in [-0.25, -0.2) is 9.02 Å². The number of hydrogen-bond donors (Lipinski definition) is 1. The number of nitrogens with zero attached hydrogens (tertiary/aromatic N) is 3. The summed E-state index contributed by atoms with van der Waals surface area (Å²) >= 11 is 0. The number of anilines is 1. The van der Waals surface area contributed by atoms with Crippen LogP contribution in [0.15, 0.2) is 41.0 Å². The van der Waals surface area contributed by atoms with Crippen LogP contribution in [0.5, 0.6) is 5.75 Å². The van der Waals surface area contributed by atoms with E-state index in [9.17, 15) is 19.3 Å². The monoisotopic (exact) mass is 332 g/mol. The Morgan fingerprint density at radius 1 is 1.33 bits per heavy atom. The second-order valence-corrected chi connectivity index (χ2v) is 4.64. The van der Waals surface area contributed by atoms with E-state index in [0.717, 1.165) is 18.2 Å². The fourth-order valence-electron chi connectivity index (χ4n) is 1.99. The fourth-order valence-corrected chi connectivity index (χ4v) is 1.99. The number of halogens is 1. The van der Waals surface area contributed by atoms with Crippen LogP contribution in [0.2, 0.25) is 0 Å². The Morgan fingerprint density at radius 3 is 2.96 bits per heavy atom. The standard InChI is InChI=1S/C14H9FN4O5/c15-8-4-5-11(19(21)22)12(6-8)23-7-13(20)16-9-2-1-3-10-14(9)18-24-17-10/h1-6H,7H2,(H,16,20). The molecule has 0 saturated heterocycles. The minimum Gasteiger partial charge on any atom is -0.477 e. The summed E-state index contributed by atoms with van der Waals surface area (Å²) in [6.45, 7) is -0.550. The quantitative estimate of drug-likeness (QED) is 0.562. The Kier molecular flexibility index (Phi) is 4.01. The number of rotatable bonds is 5. The highest BCUT2D eigenvalue weighted by Crippen LogP contribution is 2.27. The van der Waals surface area contributed by atoms with Crippen molar-refractivity contribution in [3.63, 3.8) is 0 Å². The second-order valence-electron chi connectivity index (χ2n) is 4.64. The number of carbonyl (C=O) groups is 1. The molecule has 0 aliphatic carbocycles. The highest BCUT2D eigenvalue weighted by Gasteiger charge is 2.17. The Morgan fingerprint density at radius 2 is 2.17 bits per heavy atom. The number of amides is 1. The normalized spacial score (nSPS) is 10.5. The van der Waals surface area contributed by atoms with Crippen molar-refractivity contribution in [1.82, 2.24) is 10.3 Å². The van der Waals surface area contributed by atoms with Crippen molar-refractivity contribution in [3.05, 3.63) is 52.3 Å². The number of nitrogens with one attached hydrogen (secondary N) is 1. The molecular weight excluding hydrogens is 323 g/mol. The van der Waals surface area contributed by atoms with Gasteiger partial charge in [0.15, 0.2) is 12.1 Å². The molecule has 3 rings (SSSR count). The summed E-state index contributed by atoms with van der Waals surface area (Å²) in [5.41, 5.74) is 0.708. The maximum Gasteiger partial charge on any atom is 0.311 e.